The molecule has 1 amide bonds. The number of esters is 1. The van der Waals surface area contributed by atoms with Crippen molar-refractivity contribution < 1.29 is 14.3 Å². The molecule has 1 atom stereocenters. The third-order valence-corrected chi connectivity index (χ3v) is 3.99. The zero-order valence-corrected chi connectivity index (χ0v) is 12.0. The number of fused-ring (bicyclic) bond motifs is 3. The van der Waals surface area contributed by atoms with Gasteiger partial charge in [-0.3, -0.25) is 4.79 Å². The Kier molecular flexibility index (Phi) is 3.41. The number of nitrogens with zero attached hydrogens (tertiary/aromatic N) is 1. The molecule has 1 aromatic rings. The number of para-hydroxylation sites is 2. The van der Waals surface area contributed by atoms with Crippen LogP contribution in [-0.2, 0) is 14.3 Å². The van der Waals surface area contributed by atoms with E-state index in [1.165, 1.54) is 0 Å². The fourth-order valence-electron chi connectivity index (χ4n) is 2.99. The van der Waals surface area contributed by atoms with Crippen molar-refractivity contribution in [3.05, 3.63) is 36.4 Å². The molecular formula is C16H18N2O3. The van der Waals surface area contributed by atoms with Gasteiger partial charge in [0.15, 0.2) is 0 Å². The molecule has 0 bridgehead atoms. The fraction of sp³-hybridized carbons (Fsp3) is 0.375. The van der Waals surface area contributed by atoms with E-state index >= 15 is 0 Å². The van der Waals surface area contributed by atoms with Crippen LogP contribution in [-0.4, -0.2) is 30.6 Å². The van der Waals surface area contributed by atoms with Crippen molar-refractivity contribution in [2.75, 3.05) is 23.4 Å². The Morgan fingerprint density at radius 2 is 2.19 bits per heavy atom. The summed E-state index contributed by atoms with van der Waals surface area (Å²) in [4.78, 5) is 27.2. The summed E-state index contributed by atoms with van der Waals surface area (Å²) in [6.07, 6.45) is 5.02. The SMILES string of the molecule is CCOC(=O)C12CC=CCCN1c1ccccc1NC2=O. The van der Waals surface area contributed by atoms with Crippen molar-refractivity contribution in [3.8, 4) is 0 Å². The second kappa shape index (κ2) is 5.24. The molecule has 2 aliphatic rings. The maximum absolute atomic E-state index is 12.7. The average molecular weight is 286 g/mol. The van der Waals surface area contributed by atoms with Crippen LogP contribution in [0.15, 0.2) is 36.4 Å². The number of carbonyl (C=O) groups is 2. The van der Waals surface area contributed by atoms with Gasteiger partial charge in [-0.15, -0.1) is 0 Å². The van der Waals surface area contributed by atoms with E-state index in [2.05, 4.69) is 5.32 Å². The molecule has 5 nitrogen and oxygen atoms in total. The molecule has 3 rings (SSSR count). The van der Waals surface area contributed by atoms with Gasteiger partial charge in [-0.1, -0.05) is 24.3 Å². The fourth-order valence-corrected chi connectivity index (χ4v) is 2.99. The molecule has 21 heavy (non-hydrogen) atoms. The van der Waals surface area contributed by atoms with E-state index in [1.807, 2.05) is 41.3 Å². The van der Waals surface area contributed by atoms with Crippen LogP contribution in [0.2, 0.25) is 0 Å². The molecule has 0 aliphatic carbocycles. The lowest BCUT2D eigenvalue weighted by Gasteiger charge is -2.44. The van der Waals surface area contributed by atoms with E-state index in [1.54, 1.807) is 6.92 Å². The van der Waals surface area contributed by atoms with Crippen molar-refractivity contribution in [2.24, 2.45) is 0 Å². The Morgan fingerprint density at radius 1 is 1.38 bits per heavy atom. The van der Waals surface area contributed by atoms with E-state index in [4.69, 9.17) is 4.74 Å². The number of nitrogens with one attached hydrogen (secondary N) is 1. The highest BCUT2D eigenvalue weighted by atomic mass is 16.5. The summed E-state index contributed by atoms with van der Waals surface area (Å²) in [7, 11) is 0. The maximum atomic E-state index is 12.7. The first kappa shape index (κ1) is 13.7. The molecule has 0 radical (unpaired) electrons. The Balaban J connectivity index is 2.14. The molecule has 1 aromatic carbocycles. The maximum Gasteiger partial charge on any atom is 0.342 e. The molecule has 1 unspecified atom stereocenters. The third-order valence-electron chi connectivity index (χ3n) is 3.99. The number of carbonyl (C=O) groups excluding carboxylic acids is 2. The number of rotatable bonds is 2. The van der Waals surface area contributed by atoms with Gasteiger partial charge in [-0.2, -0.15) is 0 Å². The van der Waals surface area contributed by atoms with E-state index in [0.717, 1.165) is 17.8 Å². The van der Waals surface area contributed by atoms with Crippen LogP contribution in [0.5, 0.6) is 0 Å². The molecule has 0 spiro atoms. The lowest BCUT2D eigenvalue weighted by molar-refractivity contribution is -0.153. The number of anilines is 2. The van der Waals surface area contributed by atoms with Gasteiger partial charge < -0.3 is 15.0 Å². The summed E-state index contributed by atoms with van der Waals surface area (Å²) in [5.74, 6) is -0.797. The predicted octanol–water partition coefficient (Wildman–Crippen LogP) is 2.10. The first-order valence-electron chi connectivity index (χ1n) is 7.20. The Bertz CT molecular complexity index is 611. The zero-order chi connectivity index (χ0) is 14.9. The highest BCUT2D eigenvalue weighted by Gasteiger charge is 2.54. The van der Waals surface area contributed by atoms with Crippen LogP contribution in [0.25, 0.3) is 0 Å². The molecule has 0 aromatic heterocycles. The molecule has 0 fully saturated rings. The first-order valence-corrected chi connectivity index (χ1v) is 7.20. The van der Waals surface area contributed by atoms with Crippen molar-refractivity contribution >= 4 is 23.3 Å². The van der Waals surface area contributed by atoms with Crippen LogP contribution >= 0.6 is 0 Å². The number of amides is 1. The topological polar surface area (TPSA) is 58.6 Å². The second-order valence-electron chi connectivity index (χ2n) is 5.17. The minimum absolute atomic E-state index is 0.257. The summed E-state index contributed by atoms with van der Waals surface area (Å²) in [5.41, 5.74) is 0.315. The van der Waals surface area contributed by atoms with Crippen molar-refractivity contribution in [1.29, 1.82) is 0 Å². The zero-order valence-electron chi connectivity index (χ0n) is 12.0. The van der Waals surface area contributed by atoms with Gasteiger partial charge in [0.1, 0.15) is 0 Å². The number of hydrogen-bond donors (Lipinski definition) is 1. The molecule has 5 heteroatoms. The van der Waals surface area contributed by atoms with Gasteiger partial charge in [-0.25, -0.2) is 4.79 Å². The Hall–Kier alpha value is -2.30. The molecule has 2 heterocycles. The molecule has 110 valence electrons. The molecule has 0 saturated carbocycles. The monoisotopic (exact) mass is 286 g/mol. The van der Waals surface area contributed by atoms with Gasteiger partial charge >= 0.3 is 5.97 Å². The van der Waals surface area contributed by atoms with E-state index < -0.39 is 11.5 Å². The van der Waals surface area contributed by atoms with Gasteiger partial charge in [0, 0.05) is 13.0 Å². The van der Waals surface area contributed by atoms with Gasteiger partial charge in [0.25, 0.3) is 5.91 Å². The number of benzene rings is 1. The molecule has 2 aliphatic heterocycles. The second-order valence-corrected chi connectivity index (χ2v) is 5.17. The van der Waals surface area contributed by atoms with Crippen LogP contribution in [0, 0.1) is 0 Å². The third kappa shape index (κ3) is 2.00. The number of ether oxygens (including phenoxy) is 1. The van der Waals surface area contributed by atoms with Crippen molar-refractivity contribution in [1.82, 2.24) is 0 Å². The smallest absolute Gasteiger partial charge is 0.342 e. The average Bonchev–Trinajstić information content (AvgIpc) is 2.72. The minimum atomic E-state index is -1.29. The lowest BCUT2D eigenvalue weighted by atomic mass is 9.88. The van der Waals surface area contributed by atoms with Gasteiger partial charge in [0.2, 0.25) is 5.54 Å². The summed E-state index contributed by atoms with van der Waals surface area (Å²) in [6, 6.07) is 7.55. The predicted molar refractivity (Wildman–Crippen MR) is 80.2 cm³/mol. The summed E-state index contributed by atoms with van der Waals surface area (Å²) < 4.78 is 5.21. The molecule has 0 saturated heterocycles. The Morgan fingerprint density at radius 3 is 3.00 bits per heavy atom. The molecule has 1 N–H and O–H groups in total. The standard InChI is InChI=1S/C16H18N2O3/c1-2-21-15(20)16-10-6-3-7-11-18(16)13-9-5-4-8-12(13)17-14(16)19/h3-6,8-9H,2,7,10-11H2,1H3,(H,17,19). The summed E-state index contributed by atoms with van der Waals surface area (Å²) in [5, 5.41) is 2.85. The van der Waals surface area contributed by atoms with E-state index in [9.17, 15) is 9.59 Å². The summed E-state index contributed by atoms with van der Waals surface area (Å²) in [6.45, 7) is 2.62. The van der Waals surface area contributed by atoms with Crippen LogP contribution in [0.3, 0.4) is 0 Å². The normalized spacial score (nSPS) is 23.7. The van der Waals surface area contributed by atoms with Gasteiger partial charge in [0.05, 0.1) is 18.0 Å². The van der Waals surface area contributed by atoms with E-state index in [0.29, 0.717) is 13.0 Å². The van der Waals surface area contributed by atoms with Gasteiger partial charge in [-0.05, 0) is 25.5 Å². The largest absolute Gasteiger partial charge is 0.464 e. The highest BCUT2D eigenvalue weighted by Crippen LogP contribution is 2.40. The quantitative estimate of drug-likeness (QED) is 0.514. The summed E-state index contributed by atoms with van der Waals surface area (Å²) >= 11 is 0. The van der Waals surface area contributed by atoms with E-state index in [-0.39, 0.29) is 12.5 Å². The highest BCUT2D eigenvalue weighted by molar-refractivity contribution is 6.19. The van der Waals surface area contributed by atoms with Crippen LogP contribution in [0.4, 0.5) is 11.4 Å². The Labute approximate surface area is 123 Å². The van der Waals surface area contributed by atoms with Crippen molar-refractivity contribution in [2.45, 2.75) is 25.3 Å². The number of hydrogen-bond acceptors (Lipinski definition) is 4. The minimum Gasteiger partial charge on any atom is -0.464 e. The lowest BCUT2D eigenvalue weighted by Crippen LogP contribution is -2.65. The van der Waals surface area contributed by atoms with Crippen LogP contribution in [0.1, 0.15) is 19.8 Å². The first-order chi connectivity index (χ1) is 10.2. The van der Waals surface area contributed by atoms with Crippen LogP contribution < -0.4 is 10.2 Å². The van der Waals surface area contributed by atoms with Crippen molar-refractivity contribution in [3.63, 3.8) is 0 Å². The molecular weight excluding hydrogens is 268 g/mol.